The van der Waals surface area contributed by atoms with Crippen molar-refractivity contribution in [2.45, 2.75) is 0 Å². The van der Waals surface area contributed by atoms with Gasteiger partial charge in [0.25, 0.3) is 0 Å². The fourth-order valence-corrected chi connectivity index (χ4v) is 1.83. The van der Waals surface area contributed by atoms with Crippen LogP contribution in [0, 0.1) is 0 Å². The summed E-state index contributed by atoms with van der Waals surface area (Å²) in [6.07, 6.45) is 4.00. The summed E-state index contributed by atoms with van der Waals surface area (Å²) in [6.45, 7) is 0. The number of hydrogen-bond donors (Lipinski definition) is 1. The predicted octanol–water partition coefficient (Wildman–Crippen LogP) is 3.32. The lowest BCUT2D eigenvalue weighted by Gasteiger charge is -1.98. The summed E-state index contributed by atoms with van der Waals surface area (Å²) in [4.78, 5) is 3.09. The Hall–Kier alpha value is -1.76. The Morgan fingerprint density at radius 2 is 1.62 bits per heavy atom. The molecule has 0 amide bonds. The highest BCUT2D eigenvalue weighted by atomic mass is 14.6. The van der Waals surface area contributed by atoms with Crippen LogP contribution in [0.25, 0.3) is 21.5 Å². The molecular weight excluding hydrogens is 158 g/mol. The Balaban J connectivity index is 2.65. The zero-order chi connectivity index (χ0) is 8.67. The Labute approximate surface area is 76.0 Å². The van der Waals surface area contributed by atoms with Crippen LogP contribution in [0.1, 0.15) is 0 Å². The van der Waals surface area contributed by atoms with E-state index in [0.29, 0.717) is 0 Å². The largest absolute Gasteiger partial charge is 0.367 e. The summed E-state index contributed by atoms with van der Waals surface area (Å²) in [7, 11) is 0. The molecule has 0 atom stereocenters. The Morgan fingerprint density at radius 1 is 0.769 bits per heavy atom. The summed E-state index contributed by atoms with van der Waals surface area (Å²) >= 11 is 0. The van der Waals surface area contributed by atoms with Crippen LogP contribution in [0.2, 0.25) is 0 Å². The third-order valence-corrected chi connectivity index (χ3v) is 2.48. The van der Waals surface area contributed by atoms with E-state index in [0.717, 1.165) is 0 Å². The van der Waals surface area contributed by atoms with Gasteiger partial charge in [-0.25, -0.2) is 0 Å². The molecule has 0 spiro atoms. The normalized spacial score (nSPS) is 11.1. The van der Waals surface area contributed by atoms with Gasteiger partial charge >= 0.3 is 0 Å². The highest BCUT2D eigenvalue weighted by Crippen LogP contribution is 2.24. The van der Waals surface area contributed by atoms with Crippen molar-refractivity contribution in [2.24, 2.45) is 0 Å². The lowest BCUT2D eigenvalue weighted by atomic mass is 10.1. The van der Waals surface area contributed by atoms with Gasteiger partial charge in [-0.05, 0) is 27.6 Å². The SMILES string of the molecule is c1cc2ccc3c[nH]ccc3c2c1. The highest BCUT2D eigenvalue weighted by Gasteiger charge is 1.98. The molecule has 0 saturated carbocycles. The number of pyridine rings is 1. The fraction of sp³-hybridized carbons (Fsp3) is 0. The maximum absolute atomic E-state index is 3.09. The van der Waals surface area contributed by atoms with Crippen molar-refractivity contribution in [2.75, 3.05) is 0 Å². The van der Waals surface area contributed by atoms with E-state index in [9.17, 15) is 0 Å². The van der Waals surface area contributed by atoms with Gasteiger partial charge < -0.3 is 4.98 Å². The third-order valence-electron chi connectivity index (χ3n) is 2.48. The molecule has 0 bridgehead atoms. The lowest BCUT2D eigenvalue weighted by Crippen LogP contribution is -1.74. The minimum absolute atomic E-state index is 1.27. The molecule has 0 aliphatic rings. The van der Waals surface area contributed by atoms with Gasteiger partial charge in [0.1, 0.15) is 0 Å². The van der Waals surface area contributed by atoms with Gasteiger partial charge in [-0.15, -0.1) is 0 Å². The monoisotopic (exact) mass is 167 g/mol. The Morgan fingerprint density at radius 3 is 2.62 bits per heavy atom. The van der Waals surface area contributed by atoms with Crippen molar-refractivity contribution in [1.29, 1.82) is 0 Å². The average molecular weight is 167 g/mol. The minimum Gasteiger partial charge on any atom is -0.367 e. The predicted molar refractivity (Wildman–Crippen MR) is 55.8 cm³/mol. The van der Waals surface area contributed by atoms with E-state index in [4.69, 9.17) is 0 Å². The van der Waals surface area contributed by atoms with Crippen LogP contribution < -0.4 is 0 Å². The van der Waals surface area contributed by atoms with E-state index in [2.05, 4.69) is 41.4 Å². The molecule has 13 heavy (non-hydrogen) atoms. The summed E-state index contributed by atoms with van der Waals surface area (Å²) in [5, 5.41) is 5.24. The van der Waals surface area contributed by atoms with Crippen molar-refractivity contribution in [1.82, 2.24) is 4.98 Å². The molecular formula is C12H9N. The molecule has 3 rings (SSSR count). The zero-order valence-electron chi connectivity index (χ0n) is 7.12. The topological polar surface area (TPSA) is 15.8 Å². The molecule has 1 N–H and O–H groups in total. The first kappa shape index (κ1) is 6.72. The third kappa shape index (κ3) is 0.872. The first-order valence-corrected chi connectivity index (χ1v) is 4.39. The number of nitrogens with one attached hydrogen (secondary N) is 1. The summed E-state index contributed by atoms with van der Waals surface area (Å²) in [6, 6.07) is 12.8. The maximum Gasteiger partial charge on any atom is 0.00838 e. The standard InChI is InChI=1S/C12H9N/c1-2-9-4-5-10-8-13-7-6-12(10)11(9)3-1/h1-8,13H. The molecule has 0 unspecified atom stereocenters. The van der Waals surface area contributed by atoms with Gasteiger partial charge in [-0.3, -0.25) is 0 Å². The van der Waals surface area contributed by atoms with E-state index >= 15 is 0 Å². The van der Waals surface area contributed by atoms with Crippen LogP contribution in [-0.2, 0) is 0 Å². The maximum atomic E-state index is 3.09. The van der Waals surface area contributed by atoms with Crippen LogP contribution in [0.4, 0.5) is 0 Å². The molecule has 1 heterocycles. The minimum atomic E-state index is 1.27. The molecule has 0 aliphatic heterocycles. The van der Waals surface area contributed by atoms with Gasteiger partial charge in [-0.2, -0.15) is 0 Å². The molecule has 62 valence electrons. The molecule has 0 aliphatic carbocycles. The van der Waals surface area contributed by atoms with E-state index in [-0.39, 0.29) is 0 Å². The van der Waals surface area contributed by atoms with Crippen molar-refractivity contribution in [3.05, 3.63) is 48.8 Å². The van der Waals surface area contributed by atoms with Crippen LogP contribution in [0.3, 0.4) is 0 Å². The van der Waals surface area contributed by atoms with Crippen LogP contribution in [0.5, 0.6) is 0 Å². The van der Waals surface area contributed by atoms with Crippen LogP contribution in [-0.4, -0.2) is 4.98 Å². The van der Waals surface area contributed by atoms with Gasteiger partial charge in [0.15, 0.2) is 0 Å². The first-order valence-electron chi connectivity index (χ1n) is 4.39. The number of aromatic nitrogens is 1. The highest BCUT2D eigenvalue weighted by molar-refractivity contribution is 6.07. The van der Waals surface area contributed by atoms with E-state index in [1.54, 1.807) is 0 Å². The van der Waals surface area contributed by atoms with E-state index in [1.807, 2.05) is 12.4 Å². The van der Waals surface area contributed by atoms with Gasteiger partial charge in [0.2, 0.25) is 0 Å². The van der Waals surface area contributed by atoms with Gasteiger partial charge in [-0.1, -0.05) is 30.3 Å². The van der Waals surface area contributed by atoms with Crippen LogP contribution >= 0.6 is 0 Å². The number of fused-ring (bicyclic) bond motifs is 3. The van der Waals surface area contributed by atoms with Crippen molar-refractivity contribution in [3.8, 4) is 0 Å². The number of benzene rings is 1. The van der Waals surface area contributed by atoms with Crippen LogP contribution in [0.15, 0.2) is 48.8 Å². The van der Waals surface area contributed by atoms with Gasteiger partial charge in [0.05, 0.1) is 0 Å². The molecule has 0 radical (unpaired) electrons. The zero-order valence-corrected chi connectivity index (χ0v) is 7.12. The average Bonchev–Trinajstić information content (AvgIpc) is 2.65. The number of hydrogen-bond acceptors (Lipinski definition) is 0. The van der Waals surface area contributed by atoms with E-state index < -0.39 is 0 Å². The molecule has 3 aromatic rings. The lowest BCUT2D eigenvalue weighted by molar-refractivity contribution is 1.37. The van der Waals surface area contributed by atoms with Crippen molar-refractivity contribution >= 4 is 21.5 Å². The molecule has 0 fully saturated rings. The Kier molecular flexibility index (Phi) is 1.22. The van der Waals surface area contributed by atoms with Gasteiger partial charge in [0, 0.05) is 12.4 Å². The number of H-pyrrole nitrogens is 1. The van der Waals surface area contributed by atoms with E-state index in [1.165, 1.54) is 21.5 Å². The number of rotatable bonds is 0. The second kappa shape index (κ2) is 2.36. The molecule has 1 nitrogen and oxygen atoms in total. The molecule has 1 heteroatoms. The Bertz CT molecular complexity index is 563. The number of aromatic amines is 1. The summed E-state index contributed by atoms with van der Waals surface area (Å²) in [5.41, 5.74) is 0. The van der Waals surface area contributed by atoms with Crippen molar-refractivity contribution < 1.29 is 0 Å². The summed E-state index contributed by atoms with van der Waals surface area (Å²) in [5.74, 6) is 0. The second-order valence-electron chi connectivity index (χ2n) is 3.24. The smallest absolute Gasteiger partial charge is 0.00838 e. The second-order valence-corrected chi connectivity index (χ2v) is 3.24. The van der Waals surface area contributed by atoms with Crippen molar-refractivity contribution in [3.63, 3.8) is 0 Å². The summed E-state index contributed by atoms with van der Waals surface area (Å²) < 4.78 is 0. The molecule has 2 aromatic carbocycles. The quantitative estimate of drug-likeness (QED) is 0.528. The fourth-order valence-electron chi connectivity index (χ4n) is 1.83. The molecule has 0 saturated heterocycles. The first-order chi connectivity index (χ1) is 6.45. The molecule has 1 aromatic heterocycles.